The maximum absolute atomic E-state index is 15.3. The number of carbonyl (C=O) groups excluding carboxylic acids is 6. The first kappa shape index (κ1) is 49.8. The number of aryl methyl sites for hydroxylation is 1. The topological polar surface area (TPSA) is 204 Å². The number of amides is 1. The second-order valence-corrected chi connectivity index (χ2v) is 18.3. The number of carbonyl (C=O) groups is 6. The lowest BCUT2D eigenvalue weighted by atomic mass is 9.78. The van der Waals surface area contributed by atoms with Crippen molar-refractivity contribution in [3.05, 3.63) is 104 Å². The number of aliphatic hydroxyl groups is 2. The maximum atomic E-state index is 15.3. The molecule has 4 aliphatic heterocycles. The molecule has 0 radical (unpaired) electrons. The van der Waals surface area contributed by atoms with Crippen LogP contribution >= 0.6 is 11.6 Å². The molecule has 9 atom stereocenters. The molecule has 0 aromatic heterocycles. The van der Waals surface area contributed by atoms with E-state index in [4.69, 9.17) is 35.3 Å². The van der Waals surface area contributed by atoms with Gasteiger partial charge in [0, 0.05) is 73.9 Å². The third-order valence-electron chi connectivity index (χ3n) is 13.2. The molecule has 1 aliphatic carbocycles. The predicted molar refractivity (Wildman–Crippen MR) is 243 cm³/mol. The smallest absolute Gasteiger partial charge is 0.343 e. The number of fused-ring (bicyclic) bond motifs is 14. The Morgan fingerprint density at radius 3 is 2.21 bits per heavy atom. The Morgan fingerprint density at radius 1 is 0.894 bits per heavy atom. The summed E-state index contributed by atoms with van der Waals surface area (Å²) >= 11 is 6.38. The fraction of sp³-hybridized carbons (Fsp3) is 0.480. The van der Waals surface area contributed by atoms with Crippen LogP contribution in [-0.4, -0.2) is 101 Å². The van der Waals surface area contributed by atoms with Gasteiger partial charge in [-0.3, -0.25) is 24.0 Å². The zero-order valence-electron chi connectivity index (χ0n) is 39.0. The highest BCUT2D eigenvalue weighted by atomic mass is 35.5. The Kier molecular flexibility index (Phi) is 15.2. The minimum Gasteiger partial charge on any atom is -0.462 e. The highest BCUT2D eigenvalue weighted by Gasteiger charge is 2.53. The number of allylic oxidation sites excluding steroid dienone is 4. The zero-order chi connectivity index (χ0) is 48.5. The number of Topliss-reactive ketones (excluding diaryl/α,β-unsaturated/α-hetero) is 3. The number of esters is 2. The van der Waals surface area contributed by atoms with Crippen LogP contribution in [0.5, 0.6) is 11.5 Å². The van der Waals surface area contributed by atoms with Gasteiger partial charge < -0.3 is 44.1 Å². The summed E-state index contributed by atoms with van der Waals surface area (Å²) in [6.07, 6.45) is 5.57. The number of nitrogens with one attached hydrogen (secondary N) is 1. The summed E-state index contributed by atoms with van der Waals surface area (Å²) in [5.41, 5.74) is -0.695. The second-order valence-electron chi connectivity index (χ2n) is 17.9. The van der Waals surface area contributed by atoms with Crippen molar-refractivity contribution in [2.45, 2.75) is 112 Å². The number of halogens is 1. The number of methoxy groups -OCH3 is 1. The van der Waals surface area contributed by atoms with Crippen LogP contribution in [-0.2, 0) is 23.8 Å². The van der Waals surface area contributed by atoms with Crippen LogP contribution in [0.3, 0.4) is 0 Å². The van der Waals surface area contributed by atoms with Crippen molar-refractivity contribution >= 4 is 46.8 Å². The summed E-state index contributed by atoms with van der Waals surface area (Å²) in [7, 11) is 1.42. The molecule has 0 spiro atoms. The standard InChI is InChI=1S/C50H59ClN2O13/c1-24-17-18-32(23-33(24)51)49(61)65-45-30(7)46-37-35-36(45)42(57)38(39(43(35)58)53-20-12-11-13-21-53)52-48(60)26(3)16-14-15-25(2)40(55)28(5)41(56)29(6)44(64-31(8)54)27(4)34(62-10)19-22-63-50(9,66-46)47(37)59/h14-19,22-23,25,27-29,34,40-41,44,55-56H,11-13,20-21H2,1-10H3,(H,52,60)/t25-,27+,28+,29-,34-,40-,41-,44+,50-/m0/s1. The molecule has 0 saturated carbocycles. The van der Waals surface area contributed by atoms with Gasteiger partial charge in [0.15, 0.2) is 0 Å². The highest BCUT2D eigenvalue weighted by molar-refractivity contribution is 6.33. The number of hydrogen-bond acceptors (Lipinski definition) is 14. The number of hydrogen-bond donors (Lipinski definition) is 3. The van der Waals surface area contributed by atoms with Crippen molar-refractivity contribution in [3.63, 3.8) is 0 Å². The van der Waals surface area contributed by atoms with Gasteiger partial charge in [0.1, 0.15) is 29.0 Å². The van der Waals surface area contributed by atoms with Gasteiger partial charge in [-0.15, -0.1) is 0 Å². The second kappa shape index (κ2) is 20.1. The van der Waals surface area contributed by atoms with E-state index < -0.39 is 94.6 Å². The van der Waals surface area contributed by atoms with E-state index in [0.717, 1.165) is 6.42 Å². The quantitative estimate of drug-likeness (QED) is 0.206. The molecular weight excluding hydrogens is 872 g/mol. The number of nitrogens with zero attached hydrogens (tertiary/aromatic N) is 1. The largest absolute Gasteiger partial charge is 0.462 e. The van der Waals surface area contributed by atoms with E-state index in [1.165, 1.54) is 65.4 Å². The third-order valence-corrected chi connectivity index (χ3v) is 13.6. The van der Waals surface area contributed by atoms with E-state index in [1.54, 1.807) is 57.7 Å². The molecule has 7 rings (SSSR count). The molecule has 66 heavy (non-hydrogen) atoms. The summed E-state index contributed by atoms with van der Waals surface area (Å²) in [6.45, 7) is 14.9. The lowest BCUT2D eigenvalue weighted by Gasteiger charge is -2.38. The number of rotatable bonds is 5. The number of benzene rings is 2. The van der Waals surface area contributed by atoms with Crippen LogP contribution in [0, 0.1) is 37.5 Å². The van der Waals surface area contributed by atoms with Crippen molar-refractivity contribution in [2.24, 2.45) is 23.7 Å². The van der Waals surface area contributed by atoms with E-state index in [2.05, 4.69) is 5.32 Å². The molecule has 16 heteroatoms. The molecular formula is C50H59ClN2O13. The minimum absolute atomic E-state index is 0.0191. The van der Waals surface area contributed by atoms with Crippen molar-refractivity contribution < 1.29 is 62.7 Å². The van der Waals surface area contributed by atoms with Crippen LogP contribution in [0.2, 0.25) is 5.02 Å². The molecule has 1 amide bonds. The molecule has 4 heterocycles. The fourth-order valence-electron chi connectivity index (χ4n) is 9.08. The Labute approximate surface area is 389 Å². The Morgan fingerprint density at radius 2 is 1.58 bits per heavy atom. The van der Waals surface area contributed by atoms with Crippen LogP contribution < -0.4 is 14.8 Å². The molecule has 5 aliphatic rings. The number of piperidine rings is 1. The SMILES string of the molecule is CO[C@H]1C=CO[C@@]2(C)Oc3c(C)c(OC(=O)c4ccc(C)c(Cl)c4)c4c(c3C2=O)C(=O)C(N2CCCCC2)=C(NC(=O)C(C)=CC=C[C@H](C)[C@H](O)[C@@H](C)[C@H](O)[C@H](C)[C@H](OC(C)=O)[C@@H]1C)C4=O. The van der Waals surface area contributed by atoms with Crippen LogP contribution in [0.1, 0.15) is 120 Å². The van der Waals surface area contributed by atoms with Gasteiger partial charge in [0.05, 0.1) is 46.8 Å². The Balaban J connectivity index is 1.56. The number of ether oxygens (including phenoxy) is 5. The monoisotopic (exact) mass is 930 g/mol. The van der Waals surface area contributed by atoms with Gasteiger partial charge in [0.2, 0.25) is 11.6 Å². The lowest BCUT2D eigenvalue weighted by molar-refractivity contribution is -0.160. The van der Waals surface area contributed by atoms with Gasteiger partial charge in [-0.05, 0) is 63.8 Å². The van der Waals surface area contributed by atoms with Crippen LogP contribution in [0.15, 0.2) is 65.7 Å². The van der Waals surface area contributed by atoms with Gasteiger partial charge in [-0.2, -0.15) is 0 Å². The first-order valence-electron chi connectivity index (χ1n) is 22.2. The number of likely N-dealkylation sites (tertiary alicyclic amines) is 1. The average Bonchev–Trinajstić information content (AvgIpc) is 3.55. The maximum Gasteiger partial charge on any atom is 0.343 e. The molecule has 5 bridgehead atoms. The number of aliphatic hydroxyl groups excluding tert-OH is 2. The van der Waals surface area contributed by atoms with Crippen molar-refractivity contribution in [2.75, 3.05) is 20.2 Å². The summed E-state index contributed by atoms with van der Waals surface area (Å²) in [5.74, 6) is -10.0. The Hall–Kier alpha value is -5.61. The lowest BCUT2D eigenvalue weighted by Crippen LogP contribution is -2.46. The normalized spacial score (nSPS) is 28.7. The molecule has 2 aromatic rings. The van der Waals surface area contributed by atoms with Gasteiger partial charge in [-0.1, -0.05) is 63.6 Å². The van der Waals surface area contributed by atoms with Gasteiger partial charge >= 0.3 is 17.7 Å². The molecule has 2 aromatic carbocycles. The van der Waals surface area contributed by atoms with Crippen molar-refractivity contribution in [1.82, 2.24) is 10.2 Å². The van der Waals surface area contributed by atoms with Crippen molar-refractivity contribution in [1.29, 1.82) is 0 Å². The van der Waals surface area contributed by atoms with Crippen molar-refractivity contribution in [3.8, 4) is 11.5 Å². The zero-order valence-corrected chi connectivity index (χ0v) is 39.7. The van der Waals surface area contributed by atoms with E-state index in [-0.39, 0.29) is 55.7 Å². The summed E-state index contributed by atoms with van der Waals surface area (Å²) in [6, 6.07) is 4.51. The number of ketones is 3. The first-order valence-corrected chi connectivity index (χ1v) is 22.6. The van der Waals surface area contributed by atoms with Gasteiger partial charge in [-0.25, -0.2) is 4.79 Å². The average molecular weight is 931 g/mol. The first-order chi connectivity index (χ1) is 31.1. The Bertz CT molecular complexity index is 2450. The summed E-state index contributed by atoms with van der Waals surface area (Å²) < 4.78 is 30.0. The highest BCUT2D eigenvalue weighted by Crippen LogP contribution is 2.50. The minimum atomic E-state index is -2.15. The van der Waals surface area contributed by atoms with Gasteiger partial charge in [0.25, 0.3) is 11.7 Å². The fourth-order valence-corrected chi connectivity index (χ4v) is 9.26. The molecule has 15 nitrogen and oxygen atoms in total. The molecule has 0 unspecified atom stereocenters. The van der Waals surface area contributed by atoms with Crippen LogP contribution in [0.4, 0.5) is 0 Å². The molecule has 1 fully saturated rings. The van der Waals surface area contributed by atoms with E-state index in [9.17, 15) is 29.4 Å². The third kappa shape index (κ3) is 9.62. The summed E-state index contributed by atoms with van der Waals surface area (Å²) in [4.78, 5) is 87.5. The van der Waals surface area contributed by atoms with E-state index >= 15 is 9.59 Å². The van der Waals surface area contributed by atoms with E-state index in [0.29, 0.717) is 31.5 Å². The molecule has 3 N–H and O–H groups in total. The molecule has 1 saturated heterocycles. The predicted octanol–water partition coefficient (Wildman–Crippen LogP) is 6.92. The van der Waals surface area contributed by atoms with Crippen LogP contribution in [0.25, 0.3) is 0 Å². The summed E-state index contributed by atoms with van der Waals surface area (Å²) in [5, 5.41) is 26.0. The molecule has 354 valence electrons. The van der Waals surface area contributed by atoms with E-state index in [1.807, 2.05) is 0 Å².